The van der Waals surface area contributed by atoms with Gasteiger partial charge in [-0.2, -0.15) is 0 Å². The minimum atomic E-state index is -0.355. The van der Waals surface area contributed by atoms with Crippen LogP contribution in [0.5, 0.6) is 0 Å². The van der Waals surface area contributed by atoms with Gasteiger partial charge in [-0.05, 0) is 49.5 Å². The molecule has 158 valence electrons. The van der Waals surface area contributed by atoms with Crippen molar-refractivity contribution in [1.29, 1.82) is 0 Å². The van der Waals surface area contributed by atoms with Gasteiger partial charge in [0.2, 0.25) is 5.82 Å². The lowest BCUT2D eigenvalue weighted by Crippen LogP contribution is -2.29. The SMILES string of the molecule is O=C(Nc1nc(CN2CCCCC2)cs1)c1nc(-c2cccs2)n(-c2ccccc2)n1. The van der Waals surface area contributed by atoms with Crippen LogP contribution >= 0.6 is 22.7 Å². The van der Waals surface area contributed by atoms with Gasteiger partial charge in [0.05, 0.1) is 16.3 Å². The minimum Gasteiger partial charge on any atom is -0.297 e. The van der Waals surface area contributed by atoms with Gasteiger partial charge in [-0.15, -0.1) is 27.8 Å². The van der Waals surface area contributed by atoms with Crippen LogP contribution in [0.15, 0.2) is 53.2 Å². The number of thiazole rings is 1. The summed E-state index contributed by atoms with van der Waals surface area (Å²) in [7, 11) is 0. The second kappa shape index (κ2) is 9.09. The molecular formula is C22H22N6OS2. The number of hydrogen-bond acceptors (Lipinski definition) is 7. The van der Waals surface area contributed by atoms with E-state index in [4.69, 9.17) is 0 Å². The molecule has 4 aromatic rings. The molecule has 1 amide bonds. The Balaban J connectivity index is 1.35. The van der Waals surface area contributed by atoms with Crippen molar-refractivity contribution in [3.63, 3.8) is 0 Å². The highest BCUT2D eigenvalue weighted by molar-refractivity contribution is 7.14. The molecule has 1 saturated heterocycles. The van der Waals surface area contributed by atoms with Crippen molar-refractivity contribution in [2.45, 2.75) is 25.8 Å². The molecule has 1 fully saturated rings. The molecule has 1 aromatic carbocycles. The Hall–Kier alpha value is -2.88. The predicted molar refractivity (Wildman–Crippen MR) is 124 cm³/mol. The molecule has 9 heteroatoms. The van der Waals surface area contributed by atoms with Gasteiger partial charge in [-0.25, -0.2) is 14.6 Å². The molecule has 0 aliphatic carbocycles. The van der Waals surface area contributed by atoms with Gasteiger partial charge in [-0.3, -0.25) is 15.0 Å². The monoisotopic (exact) mass is 450 g/mol. The van der Waals surface area contributed by atoms with E-state index in [-0.39, 0.29) is 11.7 Å². The quantitative estimate of drug-likeness (QED) is 0.461. The molecule has 0 radical (unpaired) electrons. The molecule has 4 heterocycles. The summed E-state index contributed by atoms with van der Waals surface area (Å²) in [5.41, 5.74) is 1.85. The van der Waals surface area contributed by atoms with E-state index in [0.29, 0.717) is 11.0 Å². The molecule has 5 rings (SSSR count). The number of nitrogens with zero attached hydrogens (tertiary/aromatic N) is 5. The van der Waals surface area contributed by atoms with E-state index in [1.807, 2.05) is 53.2 Å². The molecule has 1 aliphatic heterocycles. The van der Waals surface area contributed by atoms with Gasteiger partial charge in [0.1, 0.15) is 0 Å². The third kappa shape index (κ3) is 4.58. The van der Waals surface area contributed by atoms with E-state index < -0.39 is 0 Å². The summed E-state index contributed by atoms with van der Waals surface area (Å²) >= 11 is 3.00. The van der Waals surface area contributed by atoms with Crippen LogP contribution in [0.4, 0.5) is 5.13 Å². The maximum atomic E-state index is 12.9. The number of nitrogens with one attached hydrogen (secondary N) is 1. The van der Waals surface area contributed by atoms with Crippen molar-refractivity contribution in [2.75, 3.05) is 18.4 Å². The highest BCUT2D eigenvalue weighted by Crippen LogP contribution is 2.26. The Bertz CT molecular complexity index is 1150. The second-order valence-electron chi connectivity index (χ2n) is 7.42. The van der Waals surface area contributed by atoms with Gasteiger partial charge in [0.25, 0.3) is 5.91 Å². The minimum absolute atomic E-state index is 0.125. The van der Waals surface area contributed by atoms with E-state index in [0.717, 1.165) is 35.9 Å². The Labute approximate surface area is 188 Å². The highest BCUT2D eigenvalue weighted by Gasteiger charge is 2.20. The standard InChI is InChI=1S/C22H22N6OS2/c29-21(25-22-23-16(15-31-22)14-27-11-5-2-6-12-27)19-24-20(18-10-7-13-30-18)28(26-19)17-8-3-1-4-9-17/h1,3-4,7-10,13,15H,2,5-6,11-12,14H2,(H,23,25,29). The predicted octanol–water partition coefficient (Wildman–Crippen LogP) is 4.69. The first-order chi connectivity index (χ1) is 15.3. The van der Waals surface area contributed by atoms with Gasteiger partial charge in [0.15, 0.2) is 11.0 Å². The number of rotatable bonds is 6. The third-order valence-corrected chi connectivity index (χ3v) is 6.83. The molecule has 1 N–H and O–H groups in total. The summed E-state index contributed by atoms with van der Waals surface area (Å²) in [4.78, 5) is 25.4. The lowest BCUT2D eigenvalue weighted by atomic mass is 10.1. The van der Waals surface area contributed by atoms with Crippen LogP contribution in [-0.4, -0.2) is 43.6 Å². The fourth-order valence-corrected chi connectivity index (χ4v) is 5.05. The number of carbonyl (C=O) groups excluding carboxylic acids is 1. The molecule has 0 atom stereocenters. The van der Waals surface area contributed by atoms with Crippen molar-refractivity contribution in [3.8, 4) is 16.4 Å². The molecular weight excluding hydrogens is 428 g/mol. The Morgan fingerprint density at radius 2 is 1.84 bits per heavy atom. The molecule has 0 bridgehead atoms. The number of aromatic nitrogens is 4. The van der Waals surface area contributed by atoms with Crippen LogP contribution in [0, 0.1) is 0 Å². The number of hydrogen-bond donors (Lipinski definition) is 1. The van der Waals surface area contributed by atoms with Gasteiger partial charge in [-0.1, -0.05) is 30.7 Å². The Morgan fingerprint density at radius 3 is 2.61 bits per heavy atom. The molecule has 0 spiro atoms. The van der Waals surface area contributed by atoms with Crippen molar-refractivity contribution in [1.82, 2.24) is 24.6 Å². The van der Waals surface area contributed by atoms with E-state index in [1.165, 1.54) is 30.6 Å². The smallest absolute Gasteiger partial charge is 0.297 e. The Kier molecular flexibility index (Phi) is 5.88. The van der Waals surface area contributed by atoms with Crippen molar-refractivity contribution < 1.29 is 4.79 Å². The third-order valence-electron chi connectivity index (χ3n) is 5.16. The molecule has 3 aromatic heterocycles. The zero-order valence-corrected chi connectivity index (χ0v) is 18.5. The summed E-state index contributed by atoms with van der Waals surface area (Å²) in [5.74, 6) is 0.419. The second-order valence-corrected chi connectivity index (χ2v) is 9.22. The molecule has 0 unspecified atom stereocenters. The normalized spacial score (nSPS) is 14.6. The van der Waals surface area contributed by atoms with Crippen LogP contribution in [0.1, 0.15) is 35.6 Å². The van der Waals surface area contributed by atoms with Crippen LogP contribution in [0.2, 0.25) is 0 Å². The lowest BCUT2D eigenvalue weighted by Gasteiger charge is -2.25. The van der Waals surface area contributed by atoms with E-state index in [9.17, 15) is 4.79 Å². The van der Waals surface area contributed by atoms with Crippen LogP contribution in [0.25, 0.3) is 16.4 Å². The first-order valence-corrected chi connectivity index (χ1v) is 12.1. The first-order valence-electron chi connectivity index (χ1n) is 10.3. The van der Waals surface area contributed by atoms with Crippen LogP contribution in [0.3, 0.4) is 0 Å². The number of para-hydroxylation sites is 1. The first kappa shape index (κ1) is 20.0. The largest absolute Gasteiger partial charge is 0.297 e. The van der Waals surface area contributed by atoms with Crippen molar-refractivity contribution >= 4 is 33.7 Å². The van der Waals surface area contributed by atoms with E-state index in [1.54, 1.807) is 16.0 Å². The molecule has 7 nitrogen and oxygen atoms in total. The number of carbonyl (C=O) groups is 1. The van der Waals surface area contributed by atoms with Crippen LogP contribution in [-0.2, 0) is 6.54 Å². The number of likely N-dealkylation sites (tertiary alicyclic amines) is 1. The number of anilines is 1. The summed E-state index contributed by atoms with van der Waals surface area (Å²) in [6.45, 7) is 3.06. The van der Waals surface area contributed by atoms with Crippen molar-refractivity contribution in [3.05, 3.63) is 64.7 Å². The van der Waals surface area contributed by atoms with Crippen molar-refractivity contribution in [2.24, 2.45) is 0 Å². The zero-order chi connectivity index (χ0) is 21.0. The highest BCUT2D eigenvalue weighted by atomic mass is 32.1. The molecule has 31 heavy (non-hydrogen) atoms. The fourth-order valence-electron chi connectivity index (χ4n) is 3.66. The van der Waals surface area contributed by atoms with Crippen LogP contribution < -0.4 is 5.32 Å². The molecule has 1 aliphatic rings. The van der Waals surface area contributed by atoms with E-state index in [2.05, 4.69) is 25.3 Å². The lowest BCUT2D eigenvalue weighted by molar-refractivity contribution is 0.101. The summed E-state index contributed by atoms with van der Waals surface area (Å²) in [6.07, 6.45) is 3.80. The number of thiophene rings is 1. The number of amides is 1. The fraction of sp³-hybridized carbons (Fsp3) is 0.273. The average Bonchev–Trinajstić information content (AvgIpc) is 3.56. The van der Waals surface area contributed by atoms with Gasteiger partial charge >= 0.3 is 0 Å². The summed E-state index contributed by atoms with van der Waals surface area (Å²) in [5, 5.41) is 11.9. The van der Waals surface area contributed by atoms with Gasteiger partial charge in [0, 0.05) is 11.9 Å². The number of benzene rings is 1. The maximum absolute atomic E-state index is 12.9. The zero-order valence-electron chi connectivity index (χ0n) is 16.9. The Morgan fingerprint density at radius 1 is 1.00 bits per heavy atom. The van der Waals surface area contributed by atoms with Gasteiger partial charge < -0.3 is 0 Å². The topological polar surface area (TPSA) is 75.9 Å². The molecule has 0 saturated carbocycles. The van der Waals surface area contributed by atoms with E-state index >= 15 is 0 Å². The average molecular weight is 451 g/mol. The summed E-state index contributed by atoms with van der Waals surface area (Å²) in [6, 6.07) is 13.7. The number of piperidine rings is 1. The summed E-state index contributed by atoms with van der Waals surface area (Å²) < 4.78 is 1.71. The maximum Gasteiger partial charge on any atom is 0.297 e.